The van der Waals surface area contributed by atoms with Gasteiger partial charge in [-0.25, -0.2) is 29.9 Å². The fourth-order valence-electron chi connectivity index (χ4n) is 7.71. The first-order valence-corrected chi connectivity index (χ1v) is 19.8. The van der Waals surface area contributed by atoms with E-state index in [9.17, 15) is 0 Å². The van der Waals surface area contributed by atoms with E-state index < -0.39 is 30.2 Å². The molecule has 0 radical (unpaired) electrons. The molecule has 0 aliphatic carbocycles. The summed E-state index contributed by atoms with van der Waals surface area (Å²) in [6.07, 6.45) is 0. The number of aromatic nitrogens is 7. The summed E-state index contributed by atoms with van der Waals surface area (Å²) >= 11 is 0. The van der Waals surface area contributed by atoms with Crippen LogP contribution in [0, 0.1) is 0 Å². The van der Waals surface area contributed by atoms with Gasteiger partial charge in [0.1, 0.15) is 0 Å². The number of hydrogen-bond donors (Lipinski definition) is 0. The van der Waals surface area contributed by atoms with Crippen LogP contribution in [0.25, 0.3) is 107 Å². The highest BCUT2D eigenvalue weighted by Crippen LogP contribution is 2.39. The molecule has 11 rings (SSSR count). The zero-order chi connectivity index (χ0) is 44.9. The fraction of sp³-hybridized carbons (Fsp3) is 0. The molecule has 0 amide bonds. The van der Waals surface area contributed by atoms with Crippen LogP contribution < -0.4 is 0 Å². The first-order chi connectivity index (χ1) is 32.3. The van der Waals surface area contributed by atoms with E-state index in [2.05, 4.69) is 47.0 Å². The molecule has 0 atom stereocenters. The molecular formula is C54H35N7. The SMILES string of the molecule is [2H]c1c([2H])c([2H])c(-c2nc(-c3ccccc3)nc(-c3ccc(-n4c5ccccc5c5ccc(-c6ccccc6)cc54)c(-c4nc(-c5ccccc5)nc(-c5ccccc5)n4)c3)n2)c([2H])c1[2H]. The standard InChI is InChI=1S/C54H35N7/c1-6-18-36(19-7-1)41-30-32-44-43-28-16-17-29-46(43)61(48(44)35-41)47-33-31-42(53-57-49(37-20-8-2-9-21-37)55-50(58-53)38-22-10-3-11-23-38)34-45(47)54-59-51(39-24-12-4-13-25-39)56-52(60-54)40-26-14-5-15-27-40/h1-35H/i2D,8D,9D,20D,21D. The molecule has 8 aromatic carbocycles. The molecule has 0 unspecified atom stereocenters. The van der Waals surface area contributed by atoms with E-state index in [0.29, 0.717) is 34.2 Å². The third-order valence-corrected chi connectivity index (χ3v) is 10.6. The van der Waals surface area contributed by atoms with Crippen LogP contribution in [0.5, 0.6) is 0 Å². The van der Waals surface area contributed by atoms with Gasteiger partial charge in [-0.1, -0.05) is 182 Å². The largest absolute Gasteiger partial charge is 0.308 e. The number of para-hydroxylation sites is 1. The third-order valence-electron chi connectivity index (χ3n) is 10.6. The Hall–Kier alpha value is -8.42. The van der Waals surface area contributed by atoms with E-state index in [-0.39, 0.29) is 23.0 Å². The maximum atomic E-state index is 8.86. The highest BCUT2D eigenvalue weighted by atomic mass is 15.1. The predicted octanol–water partition coefficient (Wildman–Crippen LogP) is 12.8. The molecule has 0 spiro atoms. The number of hydrogen-bond acceptors (Lipinski definition) is 6. The zero-order valence-electron chi connectivity index (χ0n) is 37.5. The lowest BCUT2D eigenvalue weighted by Gasteiger charge is -2.16. The molecule has 0 fully saturated rings. The maximum absolute atomic E-state index is 8.86. The van der Waals surface area contributed by atoms with Crippen molar-refractivity contribution in [2.75, 3.05) is 0 Å². The highest BCUT2D eigenvalue weighted by molar-refractivity contribution is 6.10. The summed E-state index contributed by atoms with van der Waals surface area (Å²) < 4.78 is 45.2. The van der Waals surface area contributed by atoms with Gasteiger partial charge in [-0.2, -0.15) is 0 Å². The maximum Gasteiger partial charge on any atom is 0.166 e. The molecule has 0 N–H and O–H groups in total. The van der Waals surface area contributed by atoms with E-state index in [1.54, 1.807) is 0 Å². The van der Waals surface area contributed by atoms with Crippen LogP contribution >= 0.6 is 0 Å². The van der Waals surface area contributed by atoms with Gasteiger partial charge >= 0.3 is 0 Å². The quantitative estimate of drug-likeness (QED) is 0.153. The van der Waals surface area contributed by atoms with Crippen molar-refractivity contribution in [2.24, 2.45) is 0 Å². The molecule has 7 heteroatoms. The van der Waals surface area contributed by atoms with Crippen molar-refractivity contribution in [3.05, 3.63) is 212 Å². The minimum absolute atomic E-state index is 0.0600. The lowest BCUT2D eigenvalue weighted by molar-refractivity contribution is 1.06. The van der Waals surface area contributed by atoms with Crippen molar-refractivity contribution in [3.63, 3.8) is 0 Å². The molecular weight excluding hydrogens is 747 g/mol. The number of rotatable bonds is 8. The first-order valence-electron chi connectivity index (χ1n) is 22.3. The van der Waals surface area contributed by atoms with Gasteiger partial charge in [-0.15, -0.1) is 0 Å². The van der Waals surface area contributed by atoms with E-state index >= 15 is 0 Å². The highest BCUT2D eigenvalue weighted by Gasteiger charge is 2.22. The van der Waals surface area contributed by atoms with Crippen LogP contribution in [0.4, 0.5) is 0 Å². The Bertz CT molecular complexity index is 3560. The average molecular weight is 787 g/mol. The summed E-state index contributed by atoms with van der Waals surface area (Å²) in [5.74, 6) is 1.79. The van der Waals surface area contributed by atoms with Crippen LogP contribution in [0.2, 0.25) is 0 Å². The first kappa shape index (κ1) is 30.6. The molecule has 3 aromatic heterocycles. The molecule has 7 nitrogen and oxygen atoms in total. The van der Waals surface area contributed by atoms with Crippen LogP contribution in [-0.2, 0) is 0 Å². The second-order valence-corrected chi connectivity index (χ2v) is 14.4. The van der Waals surface area contributed by atoms with Gasteiger partial charge in [-0.3, -0.25) is 0 Å². The van der Waals surface area contributed by atoms with Crippen molar-refractivity contribution >= 4 is 21.8 Å². The summed E-state index contributed by atoms with van der Waals surface area (Å²) in [4.78, 5) is 30.0. The molecule has 61 heavy (non-hydrogen) atoms. The van der Waals surface area contributed by atoms with E-state index in [1.807, 2.05) is 140 Å². The summed E-state index contributed by atoms with van der Waals surface area (Å²) in [5, 5.41) is 2.14. The topological polar surface area (TPSA) is 82.3 Å². The molecule has 0 saturated carbocycles. The number of benzene rings is 8. The Morgan fingerprint density at radius 1 is 0.311 bits per heavy atom. The van der Waals surface area contributed by atoms with Crippen molar-refractivity contribution < 1.29 is 6.85 Å². The second kappa shape index (κ2) is 15.4. The summed E-state index contributed by atoms with van der Waals surface area (Å²) in [6, 6.07) is 57.6. The minimum atomic E-state index is -0.505. The smallest absolute Gasteiger partial charge is 0.166 e. The molecule has 286 valence electrons. The van der Waals surface area contributed by atoms with Crippen LogP contribution in [-0.4, -0.2) is 34.5 Å². The Morgan fingerprint density at radius 3 is 1.33 bits per heavy atom. The normalized spacial score (nSPS) is 12.4. The Balaban J connectivity index is 1.22. The van der Waals surface area contributed by atoms with Crippen molar-refractivity contribution in [3.8, 4) is 85.1 Å². The van der Waals surface area contributed by atoms with Crippen LogP contribution in [0.1, 0.15) is 6.85 Å². The molecule has 0 saturated heterocycles. The minimum Gasteiger partial charge on any atom is -0.308 e. The zero-order valence-corrected chi connectivity index (χ0v) is 32.5. The summed E-state index contributed by atoms with van der Waals surface area (Å²) in [5.41, 5.74) is 8.22. The Kier molecular flexibility index (Phi) is 7.73. The lowest BCUT2D eigenvalue weighted by atomic mass is 10.0. The molecule has 11 aromatic rings. The van der Waals surface area contributed by atoms with E-state index in [1.165, 1.54) is 0 Å². The predicted molar refractivity (Wildman–Crippen MR) is 246 cm³/mol. The van der Waals surface area contributed by atoms with E-state index in [4.69, 9.17) is 36.8 Å². The van der Waals surface area contributed by atoms with Crippen molar-refractivity contribution in [2.45, 2.75) is 0 Å². The van der Waals surface area contributed by atoms with Gasteiger partial charge in [0.05, 0.1) is 23.6 Å². The Labute approximate surface area is 359 Å². The number of fused-ring (bicyclic) bond motifs is 3. The van der Waals surface area contributed by atoms with Gasteiger partial charge in [0, 0.05) is 44.2 Å². The van der Waals surface area contributed by atoms with Gasteiger partial charge in [0.2, 0.25) is 0 Å². The Morgan fingerprint density at radius 2 is 0.754 bits per heavy atom. The van der Waals surface area contributed by atoms with Crippen LogP contribution in [0.3, 0.4) is 0 Å². The summed E-state index contributed by atoms with van der Waals surface area (Å²) in [6.45, 7) is 0. The number of nitrogens with zero attached hydrogens (tertiary/aromatic N) is 7. The van der Waals surface area contributed by atoms with Gasteiger partial charge < -0.3 is 4.57 Å². The third kappa shape index (κ3) is 6.80. The van der Waals surface area contributed by atoms with Crippen molar-refractivity contribution in [1.29, 1.82) is 0 Å². The molecule has 0 aliphatic heterocycles. The molecule has 3 heterocycles. The van der Waals surface area contributed by atoms with Gasteiger partial charge in [-0.05, 0) is 41.5 Å². The van der Waals surface area contributed by atoms with Crippen LogP contribution in [0.15, 0.2) is 212 Å². The fourth-order valence-corrected chi connectivity index (χ4v) is 7.71. The van der Waals surface area contributed by atoms with Crippen molar-refractivity contribution in [1.82, 2.24) is 34.5 Å². The van der Waals surface area contributed by atoms with E-state index in [0.717, 1.165) is 49.7 Å². The molecule has 0 bridgehead atoms. The monoisotopic (exact) mass is 786 g/mol. The summed E-state index contributed by atoms with van der Waals surface area (Å²) in [7, 11) is 0. The van der Waals surface area contributed by atoms with Gasteiger partial charge in [0.25, 0.3) is 0 Å². The van der Waals surface area contributed by atoms with Gasteiger partial charge in [0.15, 0.2) is 34.9 Å². The molecule has 0 aliphatic rings. The average Bonchev–Trinajstić information content (AvgIpc) is 3.71. The lowest BCUT2D eigenvalue weighted by Crippen LogP contribution is -2.05. The second-order valence-electron chi connectivity index (χ2n) is 14.4.